The van der Waals surface area contributed by atoms with Crippen molar-refractivity contribution in [1.82, 2.24) is 9.88 Å². The highest BCUT2D eigenvalue weighted by molar-refractivity contribution is 7.13. The van der Waals surface area contributed by atoms with Gasteiger partial charge in [-0.15, -0.1) is 11.3 Å². The third-order valence-electron chi connectivity index (χ3n) is 5.36. The van der Waals surface area contributed by atoms with Crippen molar-refractivity contribution in [2.24, 2.45) is 4.99 Å². The van der Waals surface area contributed by atoms with Crippen molar-refractivity contribution in [2.75, 3.05) is 6.54 Å². The van der Waals surface area contributed by atoms with Gasteiger partial charge in [0.05, 0.1) is 28.5 Å². The number of nitrogens with one attached hydrogen (secondary N) is 1. The van der Waals surface area contributed by atoms with Crippen LogP contribution < -0.4 is 5.32 Å². The molecule has 0 aliphatic carbocycles. The standard InChI is InChI=1S/C24H16Cl2FN3O2S/c25-15-5-8-17(19(26)12-15)22(31)28-13-24(32)20-2-1-10-30(20)23-18(9-11-33-23)21(29-24)14-3-6-16(27)7-4-14/h1-12,32H,13H2,(H,28,31). The summed E-state index contributed by atoms with van der Waals surface area (Å²) < 4.78 is 15.4. The van der Waals surface area contributed by atoms with Gasteiger partial charge in [-0.05, 0) is 66.0 Å². The van der Waals surface area contributed by atoms with E-state index in [1.165, 1.54) is 35.6 Å². The molecule has 5 nitrogen and oxygen atoms in total. The summed E-state index contributed by atoms with van der Waals surface area (Å²) in [5.74, 6) is -0.840. The maximum absolute atomic E-state index is 13.6. The number of halogens is 3. The molecule has 1 aliphatic rings. The van der Waals surface area contributed by atoms with Crippen LogP contribution in [0.2, 0.25) is 10.0 Å². The Bertz CT molecular complexity index is 1400. The van der Waals surface area contributed by atoms with E-state index in [9.17, 15) is 14.3 Å². The van der Waals surface area contributed by atoms with Crippen molar-refractivity contribution in [3.8, 4) is 5.00 Å². The van der Waals surface area contributed by atoms with E-state index in [0.29, 0.717) is 22.0 Å². The van der Waals surface area contributed by atoms with E-state index in [-0.39, 0.29) is 22.9 Å². The van der Waals surface area contributed by atoms with Crippen LogP contribution in [-0.4, -0.2) is 27.8 Å². The van der Waals surface area contributed by atoms with E-state index in [2.05, 4.69) is 5.32 Å². The van der Waals surface area contributed by atoms with E-state index in [4.69, 9.17) is 28.2 Å². The van der Waals surface area contributed by atoms with Gasteiger partial charge in [-0.3, -0.25) is 4.79 Å². The molecular formula is C24H16Cl2FN3O2S. The molecule has 1 aliphatic heterocycles. The van der Waals surface area contributed by atoms with Crippen LogP contribution in [0.4, 0.5) is 4.39 Å². The largest absolute Gasteiger partial charge is 0.363 e. The lowest BCUT2D eigenvalue weighted by atomic mass is 10.0. The van der Waals surface area contributed by atoms with Crippen LogP contribution in [0, 0.1) is 5.82 Å². The first-order valence-electron chi connectivity index (χ1n) is 9.93. The summed E-state index contributed by atoms with van der Waals surface area (Å²) in [4.78, 5) is 17.5. The average Bonchev–Trinajstić information content (AvgIpc) is 3.45. The molecule has 1 atom stereocenters. The van der Waals surface area contributed by atoms with Crippen LogP contribution in [0.15, 0.2) is 77.2 Å². The SMILES string of the molecule is O=C(NCC1(O)N=C(c2ccc(F)cc2)c2ccsc2-n2cccc21)c1ccc(Cl)cc1Cl. The number of aliphatic hydroxyl groups is 1. The first kappa shape index (κ1) is 21.9. The minimum atomic E-state index is -1.79. The second kappa shape index (κ2) is 8.43. The van der Waals surface area contributed by atoms with Gasteiger partial charge in [-0.25, -0.2) is 9.38 Å². The van der Waals surface area contributed by atoms with Crippen molar-refractivity contribution in [2.45, 2.75) is 5.72 Å². The summed E-state index contributed by atoms with van der Waals surface area (Å²) in [7, 11) is 0. The number of amides is 1. The second-order valence-electron chi connectivity index (χ2n) is 7.49. The third kappa shape index (κ3) is 3.98. The molecule has 2 aromatic carbocycles. The molecule has 4 aromatic rings. The predicted octanol–water partition coefficient (Wildman–Crippen LogP) is 5.41. The molecule has 9 heteroatoms. The molecule has 5 rings (SSSR count). The highest BCUT2D eigenvalue weighted by atomic mass is 35.5. The third-order valence-corrected chi connectivity index (χ3v) is 6.82. The number of benzene rings is 2. The molecule has 0 saturated carbocycles. The van der Waals surface area contributed by atoms with E-state index in [1.807, 2.05) is 22.2 Å². The van der Waals surface area contributed by atoms with Gasteiger partial charge in [-0.1, -0.05) is 23.2 Å². The number of thiophene rings is 1. The van der Waals surface area contributed by atoms with Gasteiger partial charge < -0.3 is 15.0 Å². The smallest absolute Gasteiger partial charge is 0.252 e. The molecule has 0 bridgehead atoms. The number of hydrogen-bond donors (Lipinski definition) is 2. The predicted molar refractivity (Wildman–Crippen MR) is 128 cm³/mol. The van der Waals surface area contributed by atoms with Crippen molar-refractivity contribution >= 4 is 46.2 Å². The number of aromatic nitrogens is 1. The molecule has 33 heavy (non-hydrogen) atoms. The highest BCUT2D eigenvalue weighted by Gasteiger charge is 2.37. The zero-order valence-corrected chi connectivity index (χ0v) is 19.3. The normalized spacial score (nSPS) is 17.0. The lowest BCUT2D eigenvalue weighted by Crippen LogP contribution is -2.41. The Balaban J connectivity index is 1.57. The summed E-state index contributed by atoms with van der Waals surface area (Å²) in [6, 6.07) is 15.9. The Morgan fingerprint density at radius 3 is 2.70 bits per heavy atom. The summed E-state index contributed by atoms with van der Waals surface area (Å²) >= 11 is 13.6. The van der Waals surface area contributed by atoms with Crippen molar-refractivity contribution in [1.29, 1.82) is 0 Å². The molecule has 0 saturated heterocycles. The van der Waals surface area contributed by atoms with Gasteiger partial charge in [0, 0.05) is 22.3 Å². The monoisotopic (exact) mass is 499 g/mol. The molecule has 1 unspecified atom stereocenters. The fourth-order valence-corrected chi connectivity index (χ4v) is 5.18. The molecular weight excluding hydrogens is 484 g/mol. The molecule has 2 aromatic heterocycles. The number of fused-ring (bicyclic) bond motifs is 3. The minimum Gasteiger partial charge on any atom is -0.363 e. The first-order chi connectivity index (χ1) is 15.9. The van der Waals surface area contributed by atoms with Crippen molar-refractivity contribution in [3.63, 3.8) is 0 Å². The molecule has 0 fully saturated rings. The fraction of sp³-hybridized carbons (Fsp3) is 0.0833. The number of nitrogens with zero attached hydrogens (tertiary/aromatic N) is 2. The number of aliphatic imine (C=N–C) groups is 1. The lowest BCUT2D eigenvalue weighted by molar-refractivity contribution is 0.0391. The number of carbonyl (C=O) groups excluding carboxylic acids is 1. The van der Waals surface area contributed by atoms with Gasteiger partial charge in [0.15, 0.2) is 0 Å². The van der Waals surface area contributed by atoms with Crippen molar-refractivity contribution in [3.05, 3.63) is 110 Å². The molecule has 0 spiro atoms. The minimum absolute atomic E-state index is 0.203. The summed E-state index contributed by atoms with van der Waals surface area (Å²) in [6.45, 7) is -0.214. The number of rotatable bonds is 4. The second-order valence-corrected chi connectivity index (χ2v) is 9.23. The zero-order chi connectivity index (χ0) is 23.2. The first-order valence-corrected chi connectivity index (χ1v) is 11.6. The number of carbonyl (C=O) groups is 1. The van der Waals surface area contributed by atoms with Crippen LogP contribution in [-0.2, 0) is 5.72 Å². The van der Waals surface area contributed by atoms with Crippen LogP contribution in [0.25, 0.3) is 5.00 Å². The van der Waals surface area contributed by atoms with Crippen LogP contribution in [0.1, 0.15) is 27.2 Å². The van der Waals surface area contributed by atoms with Crippen LogP contribution >= 0.6 is 34.5 Å². The summed E-state index contributed by atoms with van der Waals surface area (Å²) in [5, 5.41) is 17.9. The van der Waals surface area contributed by atoms with E-state index >= 15 is 0 Å². The molecule has 3 heterocycles. The Morgan fingerprint density at radius 1 is 1.15 bits per heavy atom. The molecule has 0 radical (unpaired) electrons. The Labute approximate surface area is 202 Å². The Hall–Kier alpha value is -2.97. The van der Waals surface area contributed by atoms with Gasteiger partial charge in [0.1, 0.15) is 10.8 Å². The van der Waals surface area contributed by atoms with E-state index < -0.39 is 11.6 Å². The Morgan fingerprint density at radius 2 is 1.94 bits per heavy atom. The lowest BCUT2D eigenvalue weighted by Gasteiger charge is -2.25. The van der Waals surface area contributed by atoms with E-state index in [0.717, 1.165) is 10.6 Å². The zero-order valence-electron chi connectivity index (χ0n) is 16.9. The maximum atomic E-state index is 13.6. The highest BCUT2D eigenvalue weighted by Crippen LogP contribution is 2.36. The average molecular weight is 500 g/mol. The summed E-state index contributed by atoms with van der Waals surface area (Å²) in [6.07, 6.45) is 1.83. The fourth-order valence-electron chi connectivity index (χ4n) is 3.79. The van der Waals surface area contributed by atoms with Crippen molar-refractivity contribution < 1.29 is 14.3 Å². The van der Waals surface area contributed by atoms with Gasteiger partial charge in [0.25, 0.3) is 5.91 Å². The van der Waals surface area contributed by atoms with Crippen LogP contribution in [0.3, 0.4) is 0 Å². The molecule has 166 valence electrons. The molecule has 1 amide bonds. The van der Waals surface area contributed by atoms with Gasteiger partial charge >= 0.3 is 0 Å². The summed E-state index contributed by atoms with van der Waals surface area (Å²) in [5.41, 5.74) is 0.873. The molecule has 2 N–H and O–H groups in total. The number of hydrogen-bond acceptors (Lipinski definition) is 4. The van der Waals surface area contributed by atoms with Gasteiger partial charge in [0.2, 0.25) is 5.72 Å². The maximum Gasteiger partial charge on any atom is 0.252 e. The van der Waals surface area contributed by atoms with Crippen LogP contribution in [0.5, 0.6) is 0 Å². The topological polar surface area (TPSA) is 66.6 Å². The quantitative estimate of drug-likeness (QED) is 0.394. The van der Waals surface area contributed by atoms with Gasteiger partial charge in [-0.2, -0.15) is 0 Å². The van der Waals surface area contributed by atoms with E-state index in [1.54, 1.807) is 30.3 Å². The Kier molecular flexibility index (Phi) is 5.58.